The van der Waals surface area contributed by atoms with Gasteiger partial charge in [0.2, 0.25) is 0 Å². The van der Waals surface area contributed by atoms with E-state index in [4.69, 9.17) is 20.1 Å². The van der Waals surface area contributed by atoms with Crippen molar-refractivity contribution in [2.45, 2.75) is 0 Å². The third-order valence-corrected chi connectivity index (χ3v) is 0.243. The molecule has 0 fully saturated rings. The predicted molar refractivity (Wildman–Crippen MR) is 22.6 cm³/mol. The Morgan fingerprint density at radius 3 is 1.25 bits per heavy atom. The molecule has 0 aliphatic carbocycles. The fourth-order valence-corrected chi connectivity index (χ4v) is 0.109. The molecule has 0 rings (SSSR count). The molecule has 0 amide bonds. The van der Waals surface area contributed by atoms with E-state index in [1.54, 1.807) is 0 Å². The van der Waals surface area contributed by atoms with Gasteiger partial charge in [0.25, 0.3) is 0 Å². The van der Waals surface area contributed by atoms with Crippen molar-refractivity contribution in [1.29, 1.82) is 0 Å². The van der Waals surface area contributed by atoms with Crippen LogP contribution in [0.4, 0.5) is 0 Å². The third kappa shape index (κ3) is 10.5. The molecule has 0 saturated heterocycles. The van der Waals surface area contributed by atoms with Crippen molar-refractivity contribution in [3.63, 3.8) is 0 Å². The molecule has 0 bridgehead atoms. The second kappa shape index (κ2) is 6.68. The maximum atomic E-state index is 7.74. The summed E-state index contributed by atoms with van der Waals surface area (Å²) in [4.78, 5) is 0. The van der Waals surface area contributed by atoms with E-state index in [0.29, 0.717) is 0 Å². The first kappa shape index (κ1) is 12.3. The smallest absolute Gasteiger partial charge is 1.00 e. The summed E-state index contributed by atoms with van der Waals surface area (Å²) in [5.41, 5.74) is 0. The molecule has 5 nitrogen and oxygen atoms in total. The van der Waals surface area contributed by atoms with Crippen LogP contribution >= 0.6 is 0 Å². The molecule has 0 spiro atoms. The molecule has 0 aromatic rings. The van der Waals surface area contributed by atoms with Crippen molar-refractivity contribution >= 4 is 14.6 Å². The molecular weight excluding hydrogens is 141 g/mol. The van der Waals surface area contributed by atoms with Gasteiger partial charge >= 0.3 is 66.0 Å². The standard InChI is InChI=1S/B2H4O5.K.H/c3-1(4)7-2(5)6;;/h3-6H;;/q;+1;-1. The van der Waals surface area contributed by atoms with Gasteiger partial charge in [-0.2, -0.15) is 0 Å². The number of hydrogen-bond acceptors (Lipinski definition) is 5. The summed E-state index contributed by atoms with van der Waals surface area (Å²) >= 11 is 0. The van der Waals surface area contributed by atoms with Crippen LogP contribution in [0.5, 0.6) is 0 Å². The van der Waals surface area contributed by atoms with E-state index in [9.17, 15) is 0 Å². The second-order valence-electron chi connectivity index (χ2n) is 0.789. The molecular formula is H5B2KO5. The Bertz CT molecular complexity index is 44.2. The second-order valence-corrected chi connectivity index (χ2v) is 0.789. The van der Waals surface area contributed by atoms with Gasteiger partial charge in [-0.25, -0.2) is 0 Å². The zero-order chi connectivity index (χ0) is 5.86. The zero-order valence-corrected chi connectivity index (χ0v) is 7.47. The molecule has 0 aromatic heterocycles. The quantitative estimate of drug-likeness (QED) is 0.291. The van der Waals surface area contributed by atoms with E-state index >= 15 is 0 Å². The van der Waals surface area contributed by atoms with Gasteiger partial charge in [-0.05, 0) is 0 Å². The molecule has 0 radical (unpaired) electrons. The summed E-state index contributed by atoms with van der Waals surface area (Å²) in [5, 5.41) is 30.9. The minimum absolute atomic E-state index is 0. The predicted octanol–water partition coefficient (Wildman–Crippen LogP) is -5.94. The zero-order valence-electron chi connectivity index (χ0n) is 5.35. The summed E-state index contributed by atoms with van der Waals surface area (Å²) in [7, 11) is -4.25. The Hall–Kier alpha value is 1.57. The van der Waals surface area contributed by atoms with Gasteiger partial charge in [0.1, 0.15) is 0 Å². The Balaban J connectivity index is -0.000000180. The largest absolute Gasteiger partial charge is 1.00 e. The van der Waals surface area contributed by atoms with Gasteiger partial charge < -0.3 is 26.1 Å². The van der Waals surface area contributed by atoms with Gasteiger partial charge in [0.15, 0.2) is 0 Å². The van der Waals surface area contributed by atoms with Gasteiger partial charge in [-0.1, -0.05) is 0 Å². The van der Waals surface area contributed by atoms with Crippen LogP contribution in [0.3, 0.4) is 0 Å². The molecule has 0 saturated carbocycles. The van der Waals surface area contributed by atoms with Crippen LogP contribution in [0.2, 0.25) is 0 Å². The van der Waals surface area contributed by atoms with Crippen LogP contribution in [0.1, 0.15) is 1.43 Å². The van der Waals surface area contributed by atoms with Crippen molar-refractivity contribution in [3.05, 3.63) is 0 Å². The Kier molecular flexibility index (Phi) is 10.2. The van der Waals surface area contributed by atoms with Crippen LogP contribution in [0, 0.1) is 0 Å². The molecule has 8 heteroatoms. The van der Waals surface area contributed by atoms with Crippen molar-refractivity contribution in [2.24, 2.45) is 0 Å². The van der Waals surface area contributed by atoms with Crippen molar-refractivity contribution in [1.82, 2.24) is 0 Å². The monoisotopic (exact) mass is 146 g/mol. The van der Waals surface area contributed by atoms with Crippen molar-refractivity contribution < 1.29 is 77.5 Å². The van der Waals surface area contributed by atoms with E-state index in [1.807, 2.05) is 0 Å². The molecule has 42 valence electrons. The van der Waals surface area contributed by atoms with E-state index in [-0.39, 0.29) is 52.8 Å². The topological polar surface area (TPSA) is 90.2 Å². The maximum Gasteiger partial charge on any atom is 1.00 e. The summed E-state index contributed by atoms with van der Waals surface area (Å²) in [6, 6.07) is 0. The van der Waals surface area contributed by atoms with Crippen molar-refractivity contribution in [2.75, 3.05) is 0 Å². The summed E-state index contributed by atoms with van der Waals surface area (Å²) < 4.78 is 3.47. The molecule has 0 atom stereocenters. The maximum absolute atomic E-state index is 7.74. The Morgan fingerprint density at radius 2 is 1.25 bits per heavy atom. The minimum Gasteiger partial charge on any atom is -1.00 e. The van der Waals surface area contributed by atoms with E-state index in [1.165, 1.54) is 0 Å². The molecule has 0 aliphatic rings. The van der Waals surface area contributed by atoms with E-state index in [2.05, 4.69) is 4.57 Å². The summed E-state index contributed by atoms with van der Waals surface area (Å²) in [6.45, 7) is 0. The fraction of sp³-hybridized carbons (Fsp3) is 0. The first-order valence-corrected chi connectivity index (χ1v) is 1.50. The number of rotatable bonds is 2. The molecule has 0 aromatic carbocycles. The third-order valence-electron chi connectivity index (χ3n) is 0.243. The molecule has 4 N–H and O–H groups in total. The first-order chi connectivity index (χ1) is 3.13. The van der Waals surface area contributed by atoms with Crippen LogP contribution in [-0.4, -0.2) is 34.7 Å². The minimum atomic E-state index is -2.13. The average molecular weight is 146 g/mol. The summed E-state index contributed by atoms with van der Waals surface area (Å²) in [5.74, 6) is 0. The van der Waals surface area contributed by atoms with Gasteiger partial charge in [-0.15, -0.1) is 0 Å². The van der Waals surface area contributed by atoms with Gasteiger partial charge in [0, 0.05) is 0 Å². The van der Waals surface area contributed by atoms with Crippen LogP contribution in [0.15, 0.2) is 0 Å². The van der Waals surface area contributed by atoms with Crippen LogP contribution < -0.4 is 51.4 Å². The van der Waals surface area contributed by atoms with E-state index < -0.39 is 14.6 Å². The molecule has 0 unspecified atom stereocenters. The Morgan fingerprint density at radius 1 is 1.00 bits per heavy atom. The first-order valence-electron chi connectivity index (χ1n) is 1.50. The van der Waals surface area contributed by atoms with Gasteiger partial charge in [0.05, 0.1) is 0 Å². The fourth-order valence-electron chi connectivity index (χ4n) is 0.109. The average Bonchev–Trinajstić information content (AvgIpc) is 1.27. The van der Waals surface area contributed by atoms with Crippen LogP contribution in [-0.2, 0) is 4.57 Å². The summed E-state index contributed by atoms with van der Waals surface area (Å²) in [6.07, 6.45) is 0. The van der Waals surface area contributed by atoms with Gasteiger partial charge in [-0.3, -0.25) is 0 Å². The van der Waals surface area contributed by atoms with Crippen molar-refractivity contribution in [3.8, 4) is 0 Å². The molecule has 0 heterocycles. The number of hydrogen-bond donors (Lipinski definition) is 4. The molecule has 8 heavy (non-hydrogen) atoms. The Labute approximate surface area is 90.9 Å². The van der Waals surface area contributed by atoms with Crippen LogP contribution in [0.25, 0.3) is 0 Å². The molecule has 0 aliphatic heterocycles. The SMILES string of the molecule is OB(O)OB(O)O.[H-].[K+]. The van der Waals surface area contributed by atoms with E-state index in [0.717, 1.165) is 0 Å². The normalized spacial score (nSPS) is 7.50.